The van der Waals surface area contributed by atoms with Crippen LogP contribution in [0.3, 0.4) is 0 Å². The van der Waals surface area contributed by atoms with Gasteiger partial charge in [-0.3, -0.25) is 14.9 Å². The Morgan fingerprint density at radius 2 is 2.08 bits per heavy atom. The Morgan fingerprint density at radius 3 is 2.64 bits per heavy atom. The Hall–Kier alpha value is -2.65. The van der Waals surface area contributed by atoms with Crippen LogP contribution in [0.5, 0.6) is 5.75 Å². The van der Waals surface area contributed by atoms with Gasteiger partial charge in [0.25, 0.3) is 5.69 Å². The summed E-state index contributed by atoms with van der Waals surface area (Å²) in [6.07, 6.45) is 4.05. The Bertz CT molecular complexity index is 604. The molecular weight excluding hydrogens is 328 g/mol. The minimum atomic E-state index is -0.769. The maximum Gasteiger partial charge on any atom is 0.296 e. The number of methoxy groups -OCH3 is 1. The van der Waals surface area contributed by atoms with E-state index in [9.17, 15) is 14.9 Å². The standard InChI is InChI=1S/C15H22N4O5.CH4/c1-23-7-4-8-24-13-10-11(15(17)20)9-12(19(21)22)14(13)18-6-3-2-5-16;/h2-3,9-10,18H,4-8,16H2,1H3,(H2,17,20);1H4/b3-2+;. The summed E-state index contributed by atoms with van der Waals surface area (Å²) in [5.41, 5.74) is 10.5. The molecule has 140 valence electrons. The lowest BCUT2D eigenvalue weighted by atomic mass is 10.1. The van der Waals surface area contributed by atoms with Gasteiger partial charge in [0.2, 0.25) is 5.91 Å². The fraction of sp³-hybridized carbons (Fsp3) is 0.438. The first-order valence-corrected chi connectivity index (χ1v) is 7.34. The minimum absolute atomic E-state index is 0. The second kappa shape index (κ2) is 11.8. The van der Waals surface area contributed by atoms with Gasteiger partial charge in [-0.15, -0.1) is 0 Å². The Kier molecular flexibility index (Phi) is 10.6. The second-order valence-electron chi connectivity index (χ2n) is 4.77. The van der Waals surface area contributed by atoms with Crippen LogP contribution < -0.4 is 21.5 Å². The predicted octanol–water partition coefficient (Wildman–Crippen LogP) is 1.67. The van der Waals surface area contributed by atoms with Gasteiger partial charge in [-0.05, 0) is 6.07 Å². The molecule has 9 nitrogen and oxygen atoms in total. The normalized spacial score (nSPS) is 10.3. The third-order valence-electron chi connectivity index (χ3n) is 3.01. The largest absolute Gasteiger partial charge is 0.491 e. The van der Waals surface area contributed by atoms with E-state index in [1.165, 1.54) is 6.07 Å². The molecule has 0 saturated heterocycles. The van der Waals surface area contributed by atoms with Crippen molar-refractivity contribution in [3.63, 3.8) is 0 Å². The molecule has 0 atom stereocenters. The third-order valence-corrected chi connectivity index (χ3v) is 3.01. The highest BCUT2D eigenvalue weighted by molar-refractivity contribution is 5.95. The summed E-state index contributed by atoms with van der Waals surface area (Å²) in [5.74, 6) is -0.579. The average Bonchev–Trinajstić information content (AvgIpc) is 2.55. The fourth-order valence-electron chi connectivity index (χ4n) is 1.90. The molecule has 0 bridgehead atoms. The lowest BCUT2D eigenvalue weighted by molar-refractivity contribution is -0.384. The zero-order chi connectivity index (χ0) is 17.9. The number of hydrogen-bond donors (Lipinski definition) is 3. The number of anilines is 1. The van der Waals surface area contributed by atoms with E-state index >= 15 is 0 Å². The number of carbonyl (C=O) groups excluding carboxylic acids is 1. The summed E-state index contributed by atoms with van der Waals surface area (Å²) in [7, 11) is 1.56. The van der Waals surface area contributed by atoms with Gasteiger partial charge in [0.1, 0.15) is 5.75 Å². The Morgan fingerprint density at radius 1 is 1.36 bits per heavy atom. The molecule has 0 heterocycles. The highest BCUT2D eigenvalue weighted by Crippen LogP contribution is 2.36. The van der Waals surface area contributed by atoms with Gasteiger partial charge < -0.3 is 26.3 Å². The molecule has 0 aliphatic rings. The van der Waals surface area contributed by atoms with Crippen LogP contribution in [-0.4, -0.2) is 44.2 Å². The van der Waals surface area contributed by atoms with Gasteiger partial charge >= 0.3 is 0 Å². The van der Waals surface area contributed by atoms with Crippen molar-refractivity contribution in [2.24, 2.45) is 11.5 Å². The van der Waals surface area contributed by atoms with Crippen LogP contribution in [0.25, 0.3) is 0 Å². The number of nitro benzene ring substituents is 1. The number of ether oxygens (including phenoxy) is 2. The van der Waals surface area contributed by atoms with Crippen molar-refractivity contribution in [2.45, 2.75) is 13.8 Å². The maximum absolute atomic E-state index is 11.4. The highest BCUT2D eigenvalue weighted by Gasteiger charge is 2.22. The Labute approximate surface area is 147 Å². The lowest BCUT2D eigenvalue weighted by Gasteiger charge is -2.14. The lowest BCUT2D eigenvalue weighted by Crippen LogP contribution is -2.14. The first-order valence-electron chi connectivity index (χ1n) is 7.34. The number of primary amides is 1. The topological polar surface area (TPSA) is 143 Å². The minimum Gasteiger partial charge on any atom is -0.491 e. The summed E-state index contributed by atoms with van der Waals surface area (Å²) >= 11 is 0. The monoisotopic (exact) mass is 354 g/mol. The molecule has 0 radical (unpaired) electrons. The predicted molar refractivity (Wildman–Crippen MR) is 97.0 cm³/mol. The summed E-state index contributed by atoms with van der Waals surface area (Å²) in [5, 5.41) is 14.2. The van der Waals surface area contributed by atoms with Gasteiger partial charge in [0.05, 0.1) is 11.5 Å². The second-order valence-corrected chi connectivity index (χ2v) is 4.77. The zero-order valence-electron chi connectivity index (χ0n) is 13.5. The number of benzene rings is 1. The van der Waals surface area contributed by atoms with E-state index in [1.807, 2.05) is 0 Å². The van der Waals surface area contributed by atoms with Crippen LogP contribution in [0.4, 0.5) is 11.4 Å². The van der Waals surface area contributed by atoms with Crippen LogP contribution in [0.1, 0.15) is 24.2 Å². The molecule has 1 aromatic rings. The molecule has 9 heteroatoms. The quantitative estimate of drug-likeness (QED) is 0.237. The number of hydrogen-bond acceptors (Lipinski definition) is 7. The van der Waals surface area contributed by atoms with Crippen molar-refractivity contribution in [3.8, 4) is 5.75 Å². The van der Waals surface area contributed by atoms with Crippen LogP contribution in [0.2, 0.25) is 0 Å². The maximum atomic E-state index is 11.4. The van der Waals surface area contributed by atoms with Crippen molar-refractivity contribution >= 4 is 17.3 Å². The number of nitrogens with two attached hydrogens (primary N) is 2. The molecule has 25 heavy (non-hydrogen) atoms. The molecule has 0 aliphatic heterocycles. The average molecular weight is 354 g/mol. The smallest absolute Gasteiger partial charge is 0.296 e. The van der Waals surface area contributed by atoms with Gasteiger partial charge in [0.15, 0.2) is 5.69 Å². The molecule has 0 spiro atoms. The number of carbonyl (C=O) groups is 1. The van der Waals surface area contributed by atoms with Crippen LogP contribution in [0.15, 0.2) is 24.3 Å². The van der Waals surface area contributed by atoms with Gasteiger partial charge in [-0.25, -0.2) is 0 Å². The van der Waals surface area contributed by atoms with Crippen molar-refractivity contribution in [2.75, 3.05) is 38.7 Å². The van der Waals surface area contributed by atoms with E-state index in [2.05, 4.69) is 5.32 Å². The van der Waals surface area contributed by atoms with E-state index in [0.717, 1.165) is 6.07 Å². The molecule has 0 aliphatic carbocycles. The fourth-order valence-corrected chi connectivity index (χ4v) is 1.90. The molecule has 1 rings (SSSR count). The van der Waals surface area contributed by atoms with E-state index in [-0.39, 0.29) is 36.7 Å². The Balaban J connectivity index is 0.00000576. The third kappa shape index (κ3) is 7.19. The van der Waals surface area contributed by atoms with Crippen molar-refractivity contribution in [1.82, 2.24) is 0 Å². The molecule has 0 unspecified atom stereocenters. The number of nitrogens with zero attached hydrogens (tertiary/aromatic N) is 1. The zero-order valence-corrected chi connectivity index (χ0v) is 13.5. The van der Waals surface area contributed by atoms with Crippen LogP contribution >= 0.6 is 0 Å². The molecule has 5 N–H and O–H groups in total. The van der Waals surface area contributed by atoms with Crippen molar-refractivity contribution < 1.29 is 19.2 Å². The van der Waals surface area contributed by atoms with Crippen molar-refractivity contribution in [3.05, 3.63) is 40.0 Å². The first-order chi connectivity index (χ1) is 11.5. The number of amides is 1. The van der Waals surface area contributed by atoms with Crippen LogP contribution in [0, 0.1) is 10.1 Å². The molecule has 1 aromatic carbocycles. The van der Waals surface area contributed by atoms with Gasteiger partial charge in [0, 0.05) is 44.9 Å². The first kappa shape index (κ1) is 22.4. The summed E-state index contributed by atoms with van der Waals surface area (Å²) < 4.78 is 10.5. The van der Waals surface area contributed by atoms with E-state index in [0.29, 0.717) is 26.1 Å². The van der Waals surface area contributed by atoms with Crippen LogP contribution in [-0.2, 0) is 4.74 Å². The molecule has 0 saturated carbocycles. The molecule has 0 fully saturated rings. The summed E-state index contributed by atoms with van der Waals surface area (Å²) in [4.78, 5) is 22.1. The summed E-state index contributed by atoms with van der Waals surface area (Å²) in [6, 6.07) is 2.51. The van der Waals surface area contributed by atoms with E-state index in [4.69, 9.17) is 20.9 Å². The summed E-state index contributed by atoms with van der Waals surface area (Å²) in [6.45, 7) is 1.45. The molecular formula is C16H26N4O5. The van der Waals surface area contributed by atoms with Gasteiger partial charge in [-0.2, -0.15) is 0 Å². The van der Waals surface area contributed by atoms with E-state index < -0.39 is 10.8 Å². The molecule has 0 aromatic heterocycles. The molecule has 1 amide bonds. The van der Waals surface area contributed by atoms with Gasteiger partial charge in [-0.1, -0.05) is 19.6 Å². The number of nitro groups is 1. The SMILES string of the molecule is C.COCCCOc1cc(C(N)=O)cc([N+](=O)[O-])c1NC/C=C/CN. The number of rotatable bonds is 11. The number of nitrogens with one attached hydrogen (secondary N) is 1. The van der Waals surface area contributed by atoms with E-state index in [1.54, 1.807) is 19.3 Å². The highest BCUT2D eigenvalue weighted by atomic mass is 16.6. The van der Waals surface area contributed by atoms with Crippen molar-refractivity contribution in [1.29, 1.82) is 0 Å².